The second-order valence-corrected chi connectivity index (χ2v) is 9.10. The van der Waals surface area contributed by atoms with Crippen molar-refractivity contribution in [2.75, 3.05) is 13.1 Å². The minimum Gasteiger partial charge on any atom is -0.342 e. The zero-order chi connectivity index (χ0) is 19.0. The SMILES string of the molecule is NC1C2CCCC1CC(C(=O)N1CCC(C(=O)c3ccc(Cl)cc3)CC1)C2. The number of carbonyl (C=O) groups excluding carboxylic acids is 2. The molecule has 2 unspecified atom stereocenters. The molecule has 1 aromatic rings. The van der Waals surface area contributed by atoms with E-state index >= 15 is 0 Å². The Labute approximate surface area is 166 Å². The number of benzene rings is 1. The van der Waals surface area contributed by atoms with Gasteiger partial charge in [0, 0.05) is 41.6 Å². The molecule has 2 saturated carbocycles. The van der Waals surface area contributed by atoms with Crippen LogP contribution < -0.4 is 5.73 Å². The van der Waals surface area contributed by atoms with E-state index in [9.17, 15) is 9.59 Å². The summed E-state index contributed by atoms with van der Waals surface area (Å²) in [6, 6.07) is 7.42. The Morgan fingerprint density at radius 3 is 2.11 bits per heavy atom. The molecule has 2 atom stereocenters. The number of carbonyl (C=O) groups is 2. The Hall–Kier alpha value is -1.39. The molecule has 1 heterocycles. The van der Waals surface area contributed by atoms with Crippen molar-refractivity contribution >= 4 is 23.3 Å². The molecule has 2 aliphatic carbocycles. The number of nitrogens with two attached hydrogens (primary N) is 1. The number of amides is 1. The summed E-state index contributed by atoms with van der Waals surface area (Å²) in [5.41, 5.74) is 7.09. The topological polar surface area (TPSA) is 63.4 Å². The lowest BCUT2D eigenvalue weighted by Crippen LogP contribution is -2.51. The first kappa shape index (κ1) is 18.9. The number of piperidine rings is 1. The van der Waals surface area contributed by atoms with Crippen molar-refractivity contribution in [1.82, 2.24) is 4.90 Å². The van der Waals surface area contributed by atoms with Gasteiger partial charge in [-0.15, -0.1) is 0 Å². The molecule has 4 rings (SSSR count). The van der Waals surface area contributed by atoms with Crippen LogP contribution in [0.2, 0.25) is 5.02 Å². The van der Waals surface area contributed by atoms with Crippen LogP contribution in [0, 0.1) is 23.7 Å². The van der Waals surface area contributed by atoms with E-state index in [4.69, 9.17) is 17.3 Å². The van der Waals surface area contributed by atoms with Gasteiger partial charge in [-0.25, -0.2) is 0 Å². The third-order valence-electron chi connectivity index (χ3n) is 7.07. The van der Waals surface area contributed by atoms with E-state index in [1.54, 1.807) is 24.3 Å². The lowest BCUT2D eigenvalue weighted by molar-refractivity contribution is -0.139. The van der Waals surface area contributed by atoms with Gasteiger partial charge in [-0.3, -0.25) is 9.59 Å². The lowest BCUT2D eigenvalue weighted by Gasteiger charge is -2.45. The Balaban J connectivity index is 1.33. The number of fused-ring (bicyclic) bond motifs is 2. The highest BCUT2D eigenvalue weighted by Gasteiger charge is 2.42. The zero-order valence-corrected chi connectivity index (χ0v) is 16.5. The number of ketones is 1. The van der Waals surface area contributed by atoms with E-state index in [0.717, 1.165) is 31.2 Å². The van der Waals surface area contributed by atoms with Crippen LogP contribution in [-0.4, -0.2) is 35.7 Å². The molecule has 27 heavy (non-hydrogen) atoms. The van der Waals surface area contributed by atoms with Crippen LogP contribution in [0.25, 0.3) is 0 Å². The summed E-state index contributed by atoms with van der Waals surface area (Å²) in [7, 11) is 0. The predicted molar refractivity (Wildman–Crippen MR) is 107 cm³/mol. The second-order valence-electron chi connectivity index (χ2n) is 8.67. The van der Waals surface area contributed by atoms with E-state index in [-0.39, 0.29) is 17.6 Å². The third kappa shape index (κ3) is 3.93. The molecule has 1 aliphatic heterocycles. The maximum atomic E-state index is 13.1. The maximum absolute atomic E-state index is 13.1. The average molecular weight is 389 g/mol. The summed E-state index contributed by atoms with van der Waals surface area (Å²) in [5, 5.41) is 0.643. The first-order valence-electron chi connectivity index (χ1n) is 10.4. The molecule has 0 spiro atoms. The van der Waals surface area contributed by atoms with Crippen LogP contribution in [-0.2, 0) is 4.79 Å². The summed E-state index contributed by atoms with van der Waals surface area (Å²) < 4.78 is 0. The Morgan fingerprint density at radius 2 is 1.52 bits per heavy atom. The number of rotatable bonds is 3. The predicted octanol–water partition coefficient (Wildman–Crippen LogP) is 3.91. The molecule has 1 amide bonds. The Bertz CT molecular complexity index is 683. The standard InChI is InChI=1S/C22H29ClN2O2/c23-19-6-4-14(5-7-19)21(26)15-8-10-25(11-9-15)22(27)18-12-16-2-1-3-17(13-18)20(16)24/h4-7,15-18,20H,1-3,8-13,24H2. The van der Waals surface area contributed by atoms with E-state index in [1.165, 1.54) is 19.3 Å². The van der Waals surface area contributed by atoms with Crippen molar-refractivity contribution in [2.24, 2.45) is 29.4 Å². The van der Waals surface area contributed by atoms with Crippen molar-refractivity contribution in [3.05, 3.63) is 34.9 Å². The number of likely N-dealkylation sites (tertiary alicyclic amines) is 1. The molecule has 2 bridgehead atoms. The van der Waals surface area contributed by atoms with Gasteiger partial charge in [0.1, 0.15) is 0 Å². The molecule has 5 heteroatoms. The highest BCUT2D eigenvalue weighted by molar-refractivity contribution is 6.30. The van der Waals surface area contributed by atoms with Crippen molar-refractivity contribution in [2.45, 2.75) is 51.0 Å². The summed E-state index contributed by atoms with van der Waals surface area (Å²) in [6.07, 6.45) is 7.05. The monoisotopic (exact) mass is 388 g/mol. The number of hydrogen-bond donors (Lipinski definition) is 1. The highest BCUT2D eigenvalue weighted by Crippen LogP contribution is 2.42. The van der Waals surface area contributed by atoms with E-state index in [2.05, 4.69) is 0 Å². The van der Waals surface area contributed by atoms with Gasteiger partial charge in [0.05, 0.1) is 0 Å². The van der Waals surface area contributed by atoms with Crippen LogP contribution in [0.5, 0.6) is 0 Å². The zero-order valence-electron chi connectivity index (χ0n) is 15.8. The lowest BCUT2D eigenvalue weighted by atomic mass is 9.65. The largest absolute Gasteiger partial charge is 0.342 e. The molecular formula is C22H29ClN2O2. The fraction of sp³-hybridized carbons (Fsp3) is 0.636. The van der Waals surface area contributed by atoms with Gasteiger partial charge < -0.3 is 10.6 Å². The van der Waals surface area contributed by atoms with Crippen LogP contribution in [0.4, 0.5) is 0 Å². The third-order valence-corrected chi connectivity index (χ3v) is 7.32. The second kappa shape index (κ2) is 7.92. The smallest absolute Gasteiger partial charge is 0.225 e. The first-order chi connectivity index (χ1) is 13.0. The minimum atomic E-state index is 0.00869. The van der Waals surface area contributed by atoms with Crippen LogP contribution in [0.3, 0.4) is 0 Å². The first-order valence-corrected chi connectivity index (χ1v) is 10.7. The van der Waals surface area contributed by atoms with E-state index in [0.29, 0.717) is 41.9 Å². The average Bonchev–Trinajstić information content (AvgIpc) is 2.67. The van der Waals surface area contributed by atoms with Crippen molar-refractivity contribution in [3.8, 4) is 0 Å². The molecule has 3 aliphatic rings. The molecule has 1 aromatic carbocycles. The summed E-state index contributed by atoms with van der Waals surface area (Å²) in [5.74, 6) is 1.68. The Kier molecular flexibility index (Phi) is 5.56. The fourth-order valence-corrected chi connectivity index (χ4v) is 5.59. The number of Topliss-reactive ketones (excluding diaryl/α,β-unsaturated/α-hetero) is 1. The molecule has 4 nitrogen and oxygen atoms in total. The van der Waals surface area contributed by atoms with Gasteiger partial charge >= 0.3 is 0 Å². The Morgan fingerprint density at radius 1 is 0.926 bits per heavy atom. The summed E-state index contributed by atoms with van der Waals surface area (Å²) in [4.78, 5) is 27.8. The van der Waals surface area contributed by atoms with Crippen LogP contribution >= 0.6 is 11.6 Å². The molecule has 1 saturated heterocycles. The molecule has 2 N–H and O–H groups in total. The van der Waals surface area contributed by atoms with Gasteiger partial charge in [0.15, 0.2) is 5.78 Å². The van der Waals surface area contributed by atoms with Gasteiger partial charge in [-0.2, -0.15) is 0 Å². The van der Waals surface area contributed by atoms with Crippen molar-refractivity contribution in [3.63, 3.8) is 0 Å². The molecule has 0 aromatic heterocycles. The summed E-state index contributed by atoms with van der Waals surface area (Å²) >= 11 is 5.91. The van der Waals surface area contributed by atoms with Crippen LogP contribution in [0.1, 0.15) is 55.3 Å². The van der Waals surface area contributed by atoms with Crippen molar-refractivity contribution < 1.29 is 9.59 Å². The minimum absolute atomic E-state index is 0.00869. The van der Waals surface area contributed by atoms with E-state index in [1.807, 2.05) is 4.90 Å². The van der Waals surface area contributed by atoms with Gasteiger partial charge in [0.25, 0.3) is 0 Å². The molecule has 3 fully saturated rings. The highest BCUT2D eigenvalue weighted by atomic mass is 35.5. The maximum Gasteiger partial charge on any atom is 0.225 e. The van der Waals surface area contributed by atoms with Gasteiger partial charge in [0.2, 0.25) is 5.91 Å². The van der Waals surface area contributed by atoms with Crippen molar-refractivity contribution in [1.29, 1.82) is 0 Å². The van der Waals surface area contributed by atoms with Gasteiger partial charge in [-0.1, -0.05) is 18.0 Å². The number of nitrogens with zero attached hydrogens (tertiary/aromatic N) is 1. The quantitative estimate of drug-likeness (QED) is 0.798. The van der Waals surface area contributed by atoms with E-state index < -0.39 is 0 Å². The number of halogens is 1. The molecule has 0 radical (unpaired) electrons. The molecule has 146 valence electrons. The summed E-state index contributed by atoms with van der Waals surface area (Å²) in [6.45, 7) is 1.39. The van der Waals surface area contributed by atoms with Gasteiger partial charge in [-0.05, 0) is 74.6 Å². The normalized spacial score (nSPS) is 31.6. The fourth-order valence-electron chi connectivity index (χ4n) is 5.46. The molecular weight excluding hydrogens is 360 g/mol. The van der Waals surface area contributed by atoms with Crippen LogP contribution in [0.15, 0.2) is 24.3 Å². The number of hydrogen-bond acceptors (Lipinski definition) is 3.